The molecule has 2 aromatic heterocycles. The van der Waals surface area contributed by atoms with Crippen molar-refractivity contribution >= 4 is 22.8 Å². The molecule has 0 N–H and O–H groups in total. The first-order chi connectivity index (χ1) is 9.58. The number of pyridine rings is 1. The molecule has 5 heteroatoms. The highest BCUT2D eigenvalue weighted by Gasteiger charge is 2.28. The average Bonchev–Trinajstić information content (AvgIpc) is 3.04. The fourth-order valence-electron chi connectivity index (χ4n) is 2.92. The van der Waals surface area contributed by atoms with Gasteiger partial charge in [-0.1, -0.05) is 0 Å². The number of halogens is 1. The van der Waals surface area contributed by atoms with Crippen LogP contribution in [-0.4, -0.2) is 27.2 Å². The Balaban J connectivity index is 2.14. The molecule has 4 nitrogen and oxygen atoms in total. The van der Waals surface area contributed by atoms with Crippen molar-refractivity contribution in [3.63, 3.8) is 0 Å². The number of ether oxygens (including phenoxy) is 1. The summed E-state index contributed by atoms with van der Waals surface area (Å²) in [4.78, 5) is 9.32. The number of hydrogen-bond donors (Lipinski definition) is 0. The third kappa shape index (κ3) is 2.31. The molecule has 3 rings (SSSR count). The zero-order valence-corrected chi connectivity index (χ0v) is 12.9. The Labute approximate surface area is 124 Å². The monoisotopic (exact) mass is 293 g/mol. The van der Waals surface area contributed by atoms with Crippen LogP contribution in [0.4, 0.5) is 0 Å². The fourth-order valence-corrected chi connectivity index (χ4v) is 3.07. The summed E-state index contributed by atoms with van der Waals surface area (Å²) in [5.41, 5.74) is 2.81. The minimum Gasteiger partial charge on any atom is -0.376 e. The molecule has 108 valence electrons. The Bertz CT molecular complexity index is 617. The van der Waals surface area contributed by atoms with Gasteiger partial charge < -0.3 is 9.30 Å². The first kappa shape index (κ1) is 13.8. The lowest BCUT2D eigenvalue weighted by atomic mass is 10.1. The molecule has 0 saturated carbocycles. The van der Waals surface area contributed by atoms with Crippen LogP contribution in [-0.2, 0) is 4.74 Å². The van der Waals surface area contributed by atoms with Gasteiger partial charge in [-0.15, -0.1) is 11.6 Å². The van der Waals surface area contributed by atoms with Gasteiger partial charge in [-0.25, -0.2) is 9.97 Å². The second kappa shape index (κ2) is 5.34. The number of aryl methyl sites for hydroxylation is 1. The van der Waals surface area contributed by atoms with Crippen molar-refractivity contribution in [1.29, 1.82) is 0 Å². The van der Waals surface area contributed by atoms with Gasteiger partial charge in [-0.3, -0.25) is 0 Å². The van der Waals surface area contributed by atoms with E-state index in [1.807, 2.05) is 26.0 Å². The maximum Gasteiger partial charge on any atom is 0.160 e. The van der Waals surface area contributed by atoms with Gasteiger partial charge in [0.25, 0.3) is 0 Å². The summed E-state index contributed by atoms with van der Waals surface area (Å²) in [6.07, 6.45) is 2.44. The summed E-state index contributed by atoms with van der Waals surface area (Å²) in [6.45, 7) is 6.97. The van der Waals surface area contributed by atoms with E-state index in [0.717, 1.165) is 42.1 Å². The van der Waals surface area contributed by atoms with Crippen molar-refractivity contribution in [2.75, 3.05) is 6.61 Å². The Hall–Kier alpha value is -1.13. The van der Waals surface area contributed by atoms with Crippen LogP contribution in [0.5, 0.6) is 0 Å². The number of fused-ring (bicyclic) bond motifs is 1. The molecule has 20 heavy (non-hydrogen) atoms. The maximum absolute atomic E-state index is 6.32. The molecule has 1 aliphatic heterocycles. The van der Waals surface area contributed by atoms with Gasteiger partial charge in [0.15, 0.2) is 5.65 Å². The molecule has 3 heterocycles. The van der Waals surface area contributed by atoms with Gasteiger partial charge in [0.1, 0.15) is 11.3 Å². The van der Waals surface area contributed by atoms with E-state index in [1.54, 1.807) is 0 Å². The van der Waals surface area contributed by atoms with Crippen molar-refractivity contribution < 1.29 is 4.74 Å². The van der Waals surface area contributed by atoms with E-state index in [9.17, 15) is 0 Å². The molecule has 1 saturated heterocycles. The Morgan fingerprint density at radius 1 is 1.35 bits per heavy atom. The lowest BCUT2D eigenvalue weighted by Gasteiger charge is -2.23. The quantitative estimate of drug-likeness (QED) is 0.809. The van der Waals surface area contributed by atoms with Gasteiger partial charge in [-0.2, -0.15) is 0 Å². The lowest BCUT2D eigenvalue weighted by molar-refractivity contribution is 0.0734. The summed E-state index contributed by atoms with van der Waals surface area (Å²) in [7, 11) is 0. The van der Waals surface area contributed by atoms with E-state index < -0.39 is 0 Å². The number of imidazole rings is 1. The van der Waals surface area contributed by atoms with Gasteiger partial charge in [0.05, 0.1) is 17.5 Å². The molecule has 1 fully saturated rings. The predicted octanol–water partition coefficient (Wildman–Crippen LogP) is 3.78. The Morgan fingerprint density at radius 2 is 2.15 bits per heavy atom. The van der Waals surface area contributed by atoms with Crippen LogP contribution in [0.2, 0.25) is 0 Å². The molecular formula is C15H20ClN3O. The summed E-state index contributed by atoms with van der Waals surface area (Å²) in [5, 5.41) is -0.145. The zero-order valence-electron chi connectivity index (χ0n) is 12.1. The van der Waals surface area contributed by atoms with Crippen LogP contribution >= 0.6 is 11.6 Å². The number of nitrogens with zero attached hydrogens (tertiary/aromatic N) is 3. The highest BCUT2D eigenvalue weighted by atomic mass is 35.5. The largest absolute Gasteiger partial charge is 0.376 e. The van der Waals surface area contributed by atoms with Crippen molar-refractivity contribution in [2.45, 2.75) is 51.1 Å². The SMILES string of the molecule is Cc1ccc2nc(C(C)Cl)n(C(C)C3CCCO3)c2n1. The Morgan fingerprint density at radius 3 is 2.80 bits per heavy atom. The first-order valence-corrected chi connectivity index (χ1v) is 7.62. The molecule has 0 aromatic carbocycles. The number of rotatable bonds is 3. The maximum atomic E-state index is 6.32. The van der Waals surface area contributed by atoms with E-state index in [0.29, 0.717) is 0 Å². The van der Waals surface area contributed by atoms with Crippen LogP contribution in [0.25, 0.3) is 11.2 Å². The minimum absolute atomic E-state index is 0.145. The molecule has 3 atom stereocenters. The van der Waals surface area contributed by atoms with Crippen LogP contribution in [0.15, 0.2) is 12.1 Å². The van der Waals surface area contributed by atoms with Crippen LogP contribution in [0.1, 0.15) is 49.6 Å². The van der Waals surface area contributed by atoms with E-state index in [-0.39, 0.29) is 17.5 Å². The van der Waals surface area contributed by atoms with Gasteiger partial charge >= 0.3 is 0 Å². The molecular weight excluding hydrogens is 274 g/mol. The van der Waals surface area contributed by atoms with Crippen LogP contribution < -0.4 is 0 Å². The van der Waals surface area contributed by atoms with Crippen LogP contribution in [0.3, 0.4) is 0 Å². The van der Waals surface area contributed by atoms with E-state index in [1.165, 1.54) is 0 Å². The normalized spacial score (nSPS) is 22.3. The standard InChI is InChI=1S/C15H20ClN3O/c1-9-6-7-12-15(17-9)19(14(18-12)10(2)16)11(3)13-5-4-8-20-13/h6-7,10-11,13H,4-5,8H2,1-3H3. The number of hydrogen-bond acceptors (Lipinski definition) is 3. The second-order valence-corrected chi connectivity index (χ2v) is 6.20. The zero-order chi connectivity index (χ0) is 14.3. The summed E-state index contributed by atoms with van der Waals surface area (Å²) in [6, 6.07) is 4.20. The molecule has 0 aliphatic carbocycles. The molecule has 0 bridgehead atoms. The molecule has 0 spiro atoms. The number of alkyl halides is 1. The van der Waals surface area contributed by atoms with Crippen molar-refractivity contribution in [1.82, 2.24) is 14.5 Å². The molecule has 0 radical (unpaired) electrons. The third-order valence-electron chi connectivity index (χ3n) is 3.97. The van der Waals surface area contributed by atoms with Crippen molar-refractivity contribution in [3.05, 3.63) is 23.7 Å². The summed E-state index contributed by atoms with van der Waals surface area (Å²) >= 11 is 6.32. The highest BCUT2D eigenvalue weighted by Crippen LogP contribution is 2.32. The topological polar surface area (TPSA) is 39.9 Å². The number of aromatic nitrogens is 3. The van der Waals surface area contributed by atoms with Crippen molar-refractivity contribution in [3.8, 4) is 0 Å². The van der Waals surface area contributed by atoms with E-state index in [2.05, 4.69) is 21.5 Å². The lowest BCUT2D eigenvalue weighted by Crippen LogP contribution is -2.23. The second-order valence-electron chi connectivity index (χ2n) is 5.54. The molecule has 0 amide bonds. The molecule has 2 aromatic rings. The highest BCUT2D eigenvalue weighted by molar-refractivity contribution is 6.20. The Kier molecular flexibility index (Phi) is 3.69. The average molecular weight is 294 g/mol. The van der Waals surface area contributed by atoms with E-state index in [4.69, 9.17) is 16.3 Å². The van der Waals surface area contributed by atoms with Gasteiger partial charge in [-0.05, 0) is 45.7 Å². The van der Waals surface area contributed by atoms with E-state index >= 15 is 0 Å². The third-order valence-corrected chi connectivity index (χ3v) is 4.16. The smallest absolute Gasteiger partial charge is 0.160 e. The van der Waals surface area contributed by atoms with Gasteiger partial charge in [0, 0.05) is 12.3 Å². The van der Waals surface area contributed by atoms with Crippen LogP contribution in [0, 0.1) is 6.92 Å². The fraction of sp³-hybridized carbons (Fsp3) is 0.600. The predicted molar refractivity (Wildman–Crippen MR) is 80.2 cm³/mol. The molecule has 1 aliphatic rings. The summed E-state index contributed by atoms with van der Waals surface area (Å²) in [5.74, 6) is 0.878. The van der Waals surface area contributed by atoms with Crippen molar-refractivity contribution in [2.24, 2.45) is 0 Å². The van der Waals surface area contributed by atoms with Gasteiger partial charge in [0.2, 0.25) is 0 Å². The first-order valence-electron chi connectivity index (χ1n) is 7.19. The molecule has 3 unspecified atom stereocenters. The summed E-state index contributed by atoms with van der Waals surface area (Å²) < 4.78 is 8.00. The minimum atomic E-state index is -0.145.